The van der Waals surface area contributed by atoms with Gasteiger partial charge in [-0.25, -0.2) is 9.59 Å². The molecule has 14 heteroatoms. The molecule has 0 aliphatic carbocycles. The Morgan fingerprint density at radius 3 is 1.87 bits per heavy atom. The molecule has 0 aliphatic heterocycles. The van der Waals surface area contributed by atoms with Crippen molar-refractivity contribution >= 4 is 29.7 Å². The molecule has 47 heavy (non-hydrogen) atoms. The van der Waals surface area contributed by atoms with Crippen molar-refractivity contribution in [2.45, 2.75) is 96.2 Å². The van der Waals surface area contributed by atoms with Gasteiger partial charge in [0.1, 0.15) is 11.3 Å². The first-order valence-corrected chi connectivity index (χ1v) is 15.4. The first kappa shape index (κ1) is 39.8. The molecule has 1 amide bonds. The number of carbonyl (C=O) groups excluding carboxylic acids is 2. The summed E-state index contributed by atoms with van der Waals surface area (Å²) in [7, 11) is 1.13. The molecule has 0 heterocycles. The van der Waals surface area contributed by atoms with Crippen LogP contribution >= 0.6 is 11.9 Å². The van der Waals surface area contributed by atoms with Gasteiger partial charge in [0.15, 0.2) is 0 Å². The number of carbonyl (C=O) groups is 2. The van der Waals surface area contributed by atoms with E-state index in [1.165, 1.54) is 24.9 Å². The van der Waals surface area contributed by atoms with Crippen LogP contribution in [0.4, 0.5) is 36.8 Å². The third-order valence-electron chi connectivity index (χ3n) is 6.36. The lowest BCUT2D eigenvalue weighted by molar-refractivity contribution is -0.143. The largest absolute Gasteiger partial charge is 0.464 e. The van der Waals surface area contributed by atoms with Gasteiger partial charge >= 0.3 is 24.4 Å². The second-order valence-corrected chi connectivity index (χ2v) is 14.8. The number of halogens is 6. The standard InChI is InChI=1S/C33H42F6N2O5S/c1-21(22-17-23(32(34,35)36)19-24(18-22)33(37,38)39)45-20-31(8,41(47-30(5,6)7)25-13-11-10-12-14-25)16-15-26(27(42)44-9)40-28(43)46-29(2,3)4/h10-15,17-19,21H,16,20H2,1-9H3,(H,40,43)/b26-15-/t21-,31-/m1/s1. The summed E-state index contributed by atoms with van der Waals surface area (Å²) in [5, 5.41) is 2.40. The number of esters is 1. The van der Waals surface area contributed by atoms with Crippen LogP contribution in [-0.4, -0.2) is 41.7 Å². The van der Waals surface area contributed by atoms with Gasteiger partial charge in [-0.05, 0) is 110 Å². The topological polar surface area (TPSA) is 77.1 Å². The smallest absolute Gasteiger partial charge is 0.416 e. The van der Waals surface area contributed by atoms with Gasteiger partial charge < -0.3 is 18.5 Å². The number of alkyl halides is 6. The van der Waals surface area contributed by atoms with Gasteiger partial charge in [-0.3, -0.25) is 5.32 Å². The number of rotatable bonds is 11. The molecule has 2 aromatic carbocycles. The molecule has 0 radical (unpaired) electrons. The van der Waals surface area contributed by atoms with Crippen molar-refractivity contribution < 1.29 is 50.1 Å². The summed E-state index contributed by atoms with van der Waals surface area (Å²) in [6, 6.07) is 10.4. The maximum absolute atomic E-state index is 13.6. The Morgan fingerprint density at radius 1 is 0.894 bits per heavy atom. The van der Waals surface area contributed by atoms with E-state index >= 15 is 0 Å². The molecule has 1 N–H and O–H groups in total. The second-order valence-electron chi connectivity index (χ2n) is 13.1. The van der Waals surface area contributed by atoms with Gasteiger partial charge in [-0.15, -0.1) is 0 Å². The molecule has 0 aromatic heterocycles. The highest BCUT2D eigenvalue weighted by atomic mass is 32.2. The minimum absolute atomic E-state index is 0.00564. The third kappa shape index (κ3) is 12.6. The first-order chi connectivity index (χ1) is 21.3. The molecule has 0 saturated carbocycles. The number of alkyl carbamates (subject to hydrolysis) is 1. The fraction of sp³-hybridized carbons (Fsp3) is 0.515. The SMILES string of the molecule is COC(=O)/C(=C/C[C@](C)(CO[C@H](C)c1cc(C(F)(F)F)cc(C(F)(F)F)c1)N(SC(C)(C)C)c1ccccc1)NC(=O)OC(C)(C)C. The normalized spacial score (nSPS) is 15.0. The number of para-hydroxylation sites is 1. The summed E-state index contributed by atoms with van der Waals surface area (Å²) < 4.78 is 99.2. The number of nitrogens with zero attached hydrogens (tertiary/aromatic N) is 1. The molecule has 2 atom stereocenters. The summed E-state index contributed by atoms with van der Waals surface area (Å²) in [6.45, 7) is 13.7. The molecule has 0 saturated heterocycles. The van der Waals surface area contributed by atoms with Crippen molar-refractivity contribution in [2.24, 2.45) is 0 Å². The zero-order valence-electron chi connectivity index (χ0n) is 27.9. The van der Waals surface area contributed by atoms with E-state index in [1.807, 2.05) is 43.3 Å². The van der Waals surface area contributed by atoms with Crippen LogP contribution in [0.25, 0.3) is 0 Å². The number of ether oxygens (including phenoxy) is 3. The van der Waals surface area contributed by atoms with E-state index in [2.05, 4.69) is 5.32 Å². The highest BCUT2D eigenvalue weighted by Gasteiger charge is 2.39. The molecule has 2 rings (SSSR count). The highest BCUT2D eigenvalue weighted by molar-refractivity contribution is 8.02. The lowest BCUT2D eigenvalue weighted by atomic mass is 9.96. The number of hydrogen-bond donors (Lipinski definition) is 1. The predicted molar refractivity (Wildman–Crippen MR) is 170 cm³/mol. The molecular formula is C33H42F6N2O5S. The number of methoxy groups -OCH3 is 1. The van der Waals surface area contributed by atoms with Crippen LogP contribution in [-0.2, 0) is 31.4 Å². The Labute approximate surface area is 276 Å². The monoisotopic (exact) mass is 692 g/mol. The van der Waals surface area contributed by atoms with Crippen molar-refractivity contribution in [2.75, 3.05) is 18.0 Å². The van der Waals surface area contributed by atoms with E-state index in [0.29, 0.717) is 17.8 Å². The first-order valence-electron chi connectivity index (χ1n) is 14.6. The van der Waals surface area contributed by atoms with E-state index in [1.54, 1.807) is 39.8 Å². The number of anilines is 1. The quantitative estimate of drug-likeness (QED) is 0.109. The van der Waals surface area contributed by atoms with Crippen LogP contribution in [0.1, 0.15) is 84.6 Å². The second kappa shape index (κ2) is 15.2. The van der Waals surface area contributed by atoms with Gasteiger partial charge in [0, 0.05) is 10.4 Å². The minimum atomic E-state index is -5.02. The van der Waals surface area contributed by atoms with Gasteiger partial charge in [-0.2, -0.15) is 26.3 Å². The molecule has 0 unspecified atom stereocenters. The maximum atomic E-state index is 13.6. The van der Waals surface area contributed by atoms with Gasteiger partial charge in [-0.1, -0.05) is 24.3 Å². The average molecular weight is 693 g/mol. The molecule has 262 valence electrons. The predicted octanol–water partition coefficient (Wildman–Crippen LogP) is 9.49. The molecule has 2 aromatic rings. The molecular weight excluding hydrogens is 650 g/mol. The lowest BCUT2D eigenvalue weighted by Gasteiger charge is -2.44. The third-order valence-corrected chi connectivity index (χ3v) is 7.74. The fourth-order valence-electron chi connectivity index (χ4n) is 4.16. The highest BCUT2D eigenvalue weighted by Crippen LogP contribution is 2.42. The van der Waals surface area contributed by atoms with Crippen LogP contribution in [0.2, 0.25) is 0 Å². The van der Waals surface area contributed by atoms with Crippen molar-refractivity contribution in [1.29, 1.82) is 0 Å². The van der Waals surface area contributed by atoms with Crippen LogP contribution in [0, 0.1) is 0 Å². The number of amides is 1. The van der Waals surface area contributed by atoms with Crippen molar-refractivity contribution in [1.82, 2.24) is 5.32 Å². The Morgan fingerprint density at radius 2 is 1.43 bits per heavy atom. The zero-order valence-corrected chi connectivity index (χ0v) is 28.7. The fourth-order valence-corrected chi connectivity index (χ4v) is 5.28. The Hall–Kier alpha value is -3.39. The minimum Gasteiger partial charge on any atom is -0.464 e. The van der Waals surface area contributed by atoms with E-state index in [-0.39, 0.29) is 30.4 Å². The average Bonchev–Trinajstić information content (AvgIpc) is 2.94. The maximum Gasteiger partial charge on any atom is 0.416 e. The summed E-state index contributed by atoms with van der Waals surface area (Å²) in [5.41, 5.74) is -4.73. The Balaban J connectivity index is 2.62. The van der Waals surface area contributed by atoms with Crippen LogP contribution in [0.15, 0.2) is 60.3 Å². The van der Waals surface area contributed by atoms with Crippen LogP contribution < -0.4 is 9.62 Å². The van der Waals surface area contributed by atoms with Crippen molar-refractivity contribution in [3.63, 3.8) is 0 Å². The lowest BCUT2D eigenvalue weighted by Crippen LogP contribution is -2.48. The van der Waals surface area contributed by atoms with Gasteiger partial charge in [0.25, 0.3) is 0 Å². The molecule has 7 nitrogen and oxygen atoms in total. The van der Waals surface area contributed by atoms with Crippen LogP contribution in [0.5, 0.6) is 0 Å². The number of benzene rings is 2. The number of hydrogen-bond acceptors (Lipinski definition) is 7. The Kier molecular flexibility index (Phi) is 12.9. The molecule has 0 fully saturated rings. The van der Waals surface area contributed by atoms with Gasteiger partial charge in [0.05, 0.1) is 36.5 Å². The van der Waals surface area contributed by atoms with E-state index in [0.717, 1.165) is 7.11 Å². The van der Waals surface area contributed by atoms with Crippen molar-refractivity contribution in [3.05, 3.63) is 77.0 Å². The summed E-state index contributed by atoms with van der Waals surface area (Å²) >= 11 is 1.41. The molecule has 0 aliphatic rings. The van der Waals surface area contributed by atoms with Crippen molar-refractivity contribution in [3.8, 4) is 0 Å². The summed E-state index contributed by atoms with van der Waals surface area (Å²) in [4.78, 5) is 25.2. The Bertz CT molecular complexity index is 1370. The molecule has 0 bridgehead atoms. The summed E-state index contributed by atoms with van der Waals surface area (Å²) in [5.74, 6) is -0.870. The summed E-state index contributed by atoms with van der Waals surface area (Å²) in [6.07, 6.45) is -10.8. The van der Waals surface area contributed by atoms with E-state index in [9.17, 15) is 35.9 Å². The molecule has 0 spiro atoms. The zero-order chi connectivity index (χ0) is 36.0. The number of nitrogens with one attached hydrogen (secondary N) is 1. The van der Waals surface area contributed by atoms with E-state index < -0.39 is 57.5 Å². The van der Waals surface area contributed by atoms with Crippen LogP contribution in [0.3, 0.4) is 0 Å². The van der Waals surface area contributed by atoms with Gasteiger partial charge in [0.2, 0.25) is 0 Å². The van der Waals surface area contributed by atoms with E-state index in [4.69, 9.17) is 14.2 Å².